The monoisotopic (exact) mass is 375 g/mol. The first kappa shape index (κ1) is 18.9. The van der Waals surface area contributed by atoms with Gasteiger partial charge in [-0.2, -0.15) is 5.10 Å². The fourth-order valence-corrected chi connectivity index (χ4v) is 3.51. The van der Waals surface area contributed by atoms with Crippen LogP contribution in [0.25, 0.3) is 0 Å². The number of hydrogen-bond donors (Lipinski definition) is 2. The topological polar surface area (TPSA) is 62.2 Å². The highest BCUT2D eigenvalue weighted by Gasteiger charge is 2.19. The van der Waals surface area contributed by atoms with Gasteiger partial charge in [-0.05, 0) is 25.5 Å². The summed E-state index contributed by atoms with van der Waals surface area (Å²) in [5.74, 6) is -0.0551. The molecule has 1 aliphatic heterocycles. The molecule has 140 valence electrons. The zero-order valence-corrected chi connectivity index (χ0v) is 16.1. The smallest absolute Gasteiger partial charge is 0.255 e. The van der Waals surface area contributed by atoms with Gasteiger partial charge < -0.3 is 10.6 Å². The molecule has 0 atom stereocenters. The average molecular weight is 376 g/mol. The summed E-state index contributed by atoms with van der Waals surface area (Å²) < 4.78 is 1.85. The SMILES string of the molecule is Cc1nn(Cc2ccccc2Cl)c(C)c1C(=O)NCCN1CCNCC1. The molecule has 2 aromatic rings. The zero-order chi connectivity index (χ0) is 18.5. The standard InChI is InChI=1S/C19H26ClN5O/c1-14-18(19(26)22-9-12-24-10-7-21-8-11-24)15(2)25(23-14)13-16-5-3-4-6-17(16)20/h3-6,21H,7-13H2,1-2H3,(H,22,26). The van der Waals surface area contributed by atoms with Gasteiger partial charge in [0.1, 0.15) is 0 Å². The molecule has 3 rings (SSSR count). The predicted molar refractivity (Wildman–Crippen MR) is 104 cm³/mol. The van der Waals surface area contributed by atoms with Crippen molar-refractivity contribution in [1.82, 2.24) is 25.3 Å². The Hall–Kier alpha value is -1.89. The fraction of sp³-hybridized carbons (Fsp3) is 0.474. The lowest BCUT2D eigenvalue weighted by Crippen LogP contribution is -2.46. The Labute approximate surface area is 159 Å². The van der Waals surface area contributed by atoms with Crippen LogP contribution in [-0.2, 0) is 6.54 Å². The Kier molecular flexibility index (Phi) is 6.29. The van der Waals surface area contributed by atoms with Gasteiger partial charge in [-0.3, -0.25) is 14.4 Å². The lowest BCUT2D eigenvalue weighted by molar-refractivity contribution is 0.0946. The minimum absolute atomic E-state index is 0.0551. The van der Waals surface area contributed by atoms with Crippen molar-refractivity contribution in [2.24, 2.45) is 0 Å². The number of nitrogens with one attached hydrogen (secondary N) is 2. The lowest BCUT2D eigenvalue weighted by Gasteiger charge is -2.27. The molecule has 0 saturated carbocycles. The van der Waals surface area contributed by atoms with Gasteiger partial charge >= 0.3 is 0 Å². The Morgan fingerprint density at radius 1 is 1.27 bits per heavy atom. The predicted octanol–water partition coefficient (Wildman–Crippen LogP) is 1.84. The number of aryl methyl sites for hydroxylation is 1. The Morgan fingerprint density at radius 2 is 2.00 bits per heavy atom. The number of hydrogen-bond acceptors (Lipinski definition) is 4. The first-order valence-corrected chi connectivity index (χ1v) is 9.42. The van der Waals surface area contributed by atoms with E-state index in [-0.39, 0.29) is 5.91 Å². The van der Waals surface area contributed by atoms with Crippen molar-refractivity contribution in [3.8, 4) is 0 Å². The van der Waals surface area contributed by atoms with Crippen molar-refractivity contribution in [3.05, 3.63) is 51.8 Å². The summed E-state index contributed by atoms with van der Waals surface area (Å²) >= 11 is 6.25. The number of amides is 1. The van der Waals surface area contributed by atoms with E-state index in [0.717, 1.165) is 49.7 Å². The van der Waals surface area contributed by atoms with Gasteiger partial charge in [0.05, 0.1) is 17.8 Å². The molecule has 0 bridgehead atoms. The van der Waals surface area contributed by atoms with Crippen LogP contribution in [0.3, 0.4) is 0 Å². The van der Waals surface area contributed by atoms with Crippen LogP contribution in [0.15, 0.2) is 24.3 Å². The maximum Gasteiger partial charge on any atom is 0.255 e. The maximum atomic E-state index is 12.6. The minimum atomic E-state index is -0.0551. The summed E-state index contributed by atoms with van der Waals surface area (Å²) in [6, 6.07) is 7.71. The Morgan fingerprint density at radius 3 is 2.73 bits per heavy atom. The summed E-state index contributed by atoms with van der Waals surface area (Å²) in [6.45, 7) is 9.98. The van der Waals surface area contributed by atoms with Gasteiger partial charge in [-0.25, -0.2) is 0 Å². The molecule has 1 fully saturated rings. The first-order chi connectivity index (χ1) is 12.6. The van der Waals surface area contributed by atoms with E-state index in [1.807, 2.05) is 42.8 Å². The molecule has 1 aromatic carbocycles. The molecule has 1 amide bonds. The molecule has 1 saturated heterocycles. The van der Waals surface area contributed by atoms with Gasteiger partial charge in [0.25, 0.3) is 5.91 Å². The second kappa shape index (κ2) is 8.66. The molecule has 0 spiro atoms. The van der Waals surface area contributed by atoms with E-state index < -0.39 is 0 Å². The van der Waals surface area contributed by atoms with E-state index in [2.05, 4.69) is 20.6 Å². The van der Waals surface area contributed by atoms with Crippen molar-refractivity contribution in [3.63, 3.8) is 0 Å². The van der Waals surface area contributed by atoms with E-state index in [0.29, 0.717) is 23.7 Å². The molecule has 6 nitrogen and oxygen atoms in total. The van der Waals surface area contributed by atoms with Crippen LogP contribution in [0, 0.1) is 13.8 Å². The van der Waals surface area contributed by atoms with Crippen LogP contribution in [-0.4, -0.2) is 59.9 Å². The number of rotatable bonds is 6. The van der Waals surface area contributed by atoms with Crippen LogP contribution < -0.4 is 10.6 Å². The normalized spacial score (nSPS) is 15.2. The number of benzene rings is 1. The summed E-state index contributed by atoms with van der Waals surface area (Å²) in [5, 5.41) is 11.6. The van der Waals surface area contributed by atoms with Gasteiger partial charge in [0.2, 0.25) is 0 Å². The highest BCUT2D eigenvalue weighted by atomic mass is 35.5. The third-order valence-corrected chi connectivity index (χ3v) is 5.18. The Balaban J connectivity index is 1.63. The first-order valence-electron chi connectivity index (χ1n) is 9.05. The highest BCUT2D eigenvalue weighted by Crippen LogP contribution is 2.19. The highest BCUT2D eigenvalue weighted by molar-refractivity contribution is 6.31. The number of aromatic nitrogens is 2. The molecule has 26 heavy (non-hydrogen) atoms. The number of halogens is 1. The third-order valence-electron chi connectivity index (χ3n) is 4.81. The largest absolute Gasteiger partial charge is 0.351 e. The van der Waals surface area contributed by atoms with E-state index in [1.165, 1.54) is 0 Å². The Bertz CT molecular complexity index is 767. The molecule has 0 radical (unpaired) electrons. The molecule has 0 aliphatic carbocycles. The van der Waals surface area contributed by atoms with Crippen molar-refractivity contribution in [2.75, 3.05) is 39.3 Å². The quantitative estimate of drug-likeness (QED) is 0.808. The van der Waals surface area contributed by atoms with Gasteiger partial charge in [-0.15, -0.1) is 0 Å². The summed E-state index contributed by atoms with van der Waals surface area (Å²) in [4.78, 5) is 15.0. The van der Waals surface area contributed by atoms with E-state index in [9.17, 15) is 4.79 Å². The fourth-order valence-electron chi connectivity index (χ4n) is 3.32. The molecule has 2 N–H and O–H groups in total. The molecule has 0 unspecified atom stereocenters. The third kappa shape index (κ3) is 4.44. The molecule has 7 heteroatoms. The van der Waals surface area contributed by atoms with E-state index in [1.54, 1.807) is 0 Å². The summed E-state index contributed by atoms with van der Waals surface area (Å²) in [6.07, 6.45) is 0. The van der Waals surface area contributed by atoms with Gasteiger partial charge in [-0.1, -0.05) is 29.8 Å². The second-order valence-corrected chi connectivity index (χ2v) is 7.05. The van der Waals surface area contributed by atoms with Crippen molar-refractivity contribution < 1.29 is 4.79 Å². The van der Waals surface area contributed by atoms with Crippen LogP contribution in [0.4, 0.5) is 0 Å². The van der Waals surface area contributed by atoms with Crippen LogP contribution in [0.5, 0.6) is 0 Å². The summed E-state index contributed by atoms with van der Waals surface area (Å²) in [7, 11) is 0. The number of carbonyl (C=O) groups is 1. The summed E-state index contributed by atoms with van der Waals surface area (Å²) in [5.41, 5.74) is 3.26. The average Bonchev–Trinajstić information content (AvgIpc) is 2.91. The number of piperazine rings is 1. The van der Waals surface area contributed by atoms with Crippen LogP contribution >= 0.6 is 11.6 Å². The van der Waals surface area contributed by atoms with Crippen LogP contribution in [0.1, 0.15) is 27.3 Å². The molecular formula is C19H26ClN5O. The molecule has 1 aliphatic rings. The van der Waals surface area contributed by atoms with E-state index in [4.69, 9.17) is 11.6 Å². The van der Waals surface area contributed by atoms with Crippen molar-refractivity contribution in [1.29, 1.82) is 0 Å². The lowest BCUT2D eigenvalue weighted by atomic mass is 10.1. The van der Waals surface area contributed by atoms with Crippen LogP contribution in [0.2, 0.25) is 5.02 Å². The van der Waals surface area contributed by atoms with Crippen molar-refractivity contribution in [2.45, 2.75) is 20.4 Å². The molecule has 2 heterocycles. The number of nitrogens with zero attached hydrogens (tertiary/aromatic N) is 3. The van der Waals surface area contributed by atoms with Crippen molar-refractivity contribution >= 4 is 17.5 Å². The van der Waals surface area contributed by atoms with Gasteiger partial charge in [0, 0.05) is 50.0 Å². The number of carbonyl (C=O) groups excluding carboxylic acids is 1. The van der Waals surface area contributed by atoms with E-state index >= 15 is 0 Å². The molecule has 1 aromatic heterocycles. The maximum absolute atomic E-state index is 12.6. The zero-order valence-electron chi connectivity index (χ0n) is 15.4. The molecular weight excluding hydrogens is 350 g/mol. The minimum Gasteiger partial charge on any atom is -0.351 e. The van der Waals surface area contributed by atoms with Gasteiger partial charge in [0.15, 0.2) is 0 Å². The second-order valence-electron chi connectivity index (χ2n) is 6.64.